The van der Waals surface area contributed by atoms with E-state index in [4.69, 9.17) is 4.74 Å². The van der Waals surface area contributed by atoms with Crippen LogP contribution in [0.25, 0.3) is 0 Å². The highest BCUT2D eigenvalue weighted by atomic mass is 16.5. The van der Waals surface area contributed by atoms with Gasteiger partial charge in [-0.2, -0.15) is 4.74 Å². The fraction of sp³-hybridized carbons (Fsp3) is 0.875. The number of fused-ring (bicyclic) bond motifs is 3. The highest BCUT2D eigenvalue weighted by Crippen LogP contribution is 2.52. The molecule has 3 atom stereocenters. The first-order valence-corrected chi connectivity index (χ1v) is 8.76. The van der Waals surface area contributed by atoms with E-state index in [-0.39, 0.29) is 5.92 Å². The summed E-state index contributed by atoms with van der Waals surface area (Å²) in [7, 11) is 0. The molecule has 0 aromatic carbocycles. The van der Waals surface area contributed by atoms with Crippen LogP contribution in [0, 0.1) is 11.1 Å². The van der Waals surface area contributed by atoms with Gasteiger partial charge in [-0.3, -0.25) is 0 Å². The van der Waals surface area contributed by atoms with Crippen molar-refractivity contribution in [1.82, 2.24) is 4.90 Å². The fourth-order valence-corrected chi connectivity index (χ4v) is 5.37. The molecular weight excluding hydrogens is 298 g/mol. The summed E-state index contributed by atoms with van der Waals surface area (Å²) in [6.07, 6.45) is 5.42. The first-order valence-electron chi connectivity index (χ1n) is 8.76. The summed E-state index contributed by atoms with van der Waals surface area (Å²) < 4.78 is 6.57. The Labute approximate surface area is 135 Å². The molecule has 1 saturated heterocycles. The van der Waals surface area contributed by atoms with E-state index >= 15 is 0 Å². The third-order valence-corrected chi connectivity index (χ3v) is 6.33. The van der Waals surface area contributed by atoms with Gasteiger partial charge in [-0.15, -0.1) is 0 Å². The van der Waals surface area contributed by atoms with Gasteiger partial charge in [0.2, 0.25) is 11.4 Å². The molecule has 23 heavy (non-hydrogen) atoms. The van der Waals surface area contributed by atoms with Crippen LogP contribution in [0.1, 0.15) is 44.9 Å². The van der Waals surface area contributed by atoms with Crippen LogP contribution in [0.3, 0.4) is 0 Å². The zero-order valence-corrected chi connectivity index (χ0v) is 13.4. The van der Waals surface area contributed by atoms with Crippen LogP contribution in [0.5, 0.6) is 0 Å². The average molecular weight is 323 g/mol. The van der Waals surface area contributed by atoms with Crippen molar-refractivity contribution >= 4 is 11.4 Å². The number of rotatable bonds is 1. The van der Waals surface area contributed by atoms with Gasteiger partial charge >= 0.3 is 0 Å². The molecule has 2 aliphatic carbocycles. The Morgan fingerprint density at radius 1 is 1.22 bits per heavy atom. The van der Waals surface area contributed by atoms with Crippen molar-refractivity contribution < 1.29 is 19.8 Å². The molecule has 0 aromatic rings. The lowest BCUT2D eigenvalue weighted by molar-refractivity contribution is -0.591. The highest BCUT2D eigenvalue weighted by Gasteiger charge is 2.71. The molecule has 2 aliphatic heterocycles. The van der Waals surface area contributed by atoms with Crippen molar-refractivity contribution in [1.29, 1.82) is 0 Å². The van der Waals surface area contributed by atoms with E-state index in [1.54, 1.807) is 0 Å². The SMILES string of the molecule is [O-][N+]1=C2CCC/C(=N\O)C2(O)C2CCCCC21N1CCOCC1. The van der Waals surface area contributed by atoms with Crippen molar-refractivity contribution in [3.63, 3.8) is 0 Å². The van der Waals surface area contributed by atoms with Crippen LogP contribution in [-0.2, 0) is 4.74 Å². The third-order valence-electron chi connectivity index (χ3n) is 6.33. The predicted octanol–water partition coefficient (Wildman–Crippen LogP) is 0.915. The van der Waals surface area contributed by atoms with Crippen LogP contribution < -0.4 is 0 Å². The number of aliphatic hydroxyl groups is 1. The number of oxime groups is 1. The van der Waals surface area contributed by atoms with Gasteiger partial charge in [0, 0.05) is 25.9 Å². The zero-order valence-electron chi connectivity index (χ0n) is 13.4. The van der Waals surface area contributed by atoms with E-state index in [1.807, 2.05) is 0 Å². The maximum Gasteiger partial charge on any atom is 0.235 e. The van der Waals surface area contributed by atoms with Gasteiger partial charge in [0.1, 0.15) is 0 Å². The lowest BCUT2D eigenvalue weighted by atomic mass is 9.65. The maximum atomic E-state index is 13.4. The smallest absolute Gasteiger partial charge is 0.235 e. The van der Waals surface area contributed by atoms with Gasteiger partial charge in [0.25, 0.3) is 0 Å². The first-order chi connectivity index (χ1) is 11.2. The number of hydrogen-bond acceptors (Lipinski definition) is 6. The third kappa shape index (κ3) is 1.87. The summed E-state index contributed by atoms with van der Waals surface area (Å²) in [5.74, 6) is -0.222. The Morgan fingerprint density at radius 3 is 2.74 bits per heavy atom. The van der Waals surface area contributed by atoms with Crippen molar-refractivity contribution in [2.45, 2.75) is 56.2 Å². The number of nitrogens with zero attached hydrogens (tertiary/aromatic N) is 3. The van der Waals surface area contributed by atoms with Gasteiger partial charge < -0.3 is 20.3 Å². The second kappa shape index (κ2) is 5.43. The van der Waals surface area contributed by atoms with Crippen molar-refractivity contribution in [2.24, 2.45) is 11.1 Å². The van der Waals surface area contributed by atoms with Crippen LogP contribution >= 0.6 is 0 Å². The van der Waals surface area contributed by atoms with E-state index in [0.29, 0.717) is 50.6 Å². The monoisotopic (exact) mass is 323 g/mol. The molecule has 4 rings (SSSR count). The summed E-state index contributed by atoms with van der Waals surface area (Å²) >= 11 is 0. The number of hydroxylamine groups is 1. The zero-order chi connectivity index (χ0) is 16.1. The topological polar surface area (TPSA) is 91.4 Å². The molecule has 0 spiro atoms. The standard InChI is InChI=1S/C16H25N3O4/c20-16-12-4-1-2-7-15(12,18-8-10-23-11-9-18)19(22)14(16)6-3-5-13(16)17-21/h12,20-21H,1-11H2/b17-13+. The average Bonchev–Trinajstić information content (AvgIpc) is 2.82. The van der Waals surface area contributed by atoms with E-state index < -0.39 is 11.3 Å². The Balaban J connectivity index is 1.85. The molecule has 0 amide bonds. The fourth-order valence-electron chi connectivity index (χ4n) is 5.37. The molecule has 7 heteroatoms. The van der Waals surface area contributed by atoms with Crippen LogP contribution in [-0.4, -0.2) is 68.9 Å². The minimum absolute atomic E-state index is 0.222. The molecule has 2 heterocycles. The van der Waals surface area contributed by atoms with Gasteiger partial charge in [0.15, 0.2) is 5.60 Å². The van der Waals surface area contributed by atoms with Crippen LogP contribution in [0.2, 0.25) is 0 Å². The summed E-state index contributed by atoms with van der Waals surface area (Å²) in [6.45, 7) is 2.67. The molecule has 128 valence electrons. The molecule has 0 bridgehead atoms. The van der Waals surface area contributed by atoms with Crippen molar-refractivity contribution in [2.75, 3.05) is 26.3 Å². The van der Waals surface area contributed by atoms with E-state index in [2.05, 4.69) is 10.1 Å². The first kappa shape index (κ1) is 15.4. The second-order valence-electron chi connectivity index (χ2n) is 7.18. The highest BCUT2D eigenvalue weighted by molar-refractivity contribution is 6.15. The van der Waals surface area contributed by atoms with E-state index in [9.17, 15) is 15.5 Å². The summed E-state index contributed by atoms with van der Waals surface area (Å²) in [5.41, 5.74) is -1.18. The molecule has 4 aliphatic rings. The number of hydrogen-bond donors (Lipinski definition) is 2. The normalized spacial score (nSPS) is 43.5. The van der Waals surface area contributed by atoms with Gasteiger partial charge in [-0.05, 0) is 25.7 Å². The Kier molecular flexibility index (Phi) is 3.62. The van der Waals surface area contributed by atoms with Crippen molar-refractivity contribution in [3.8, 4) is 0 Å². The molecule has 3 fully saturated rings. The minimum atomic E-state index is -1.37. The van der Waals surface area contributed by atoms with Gasteiger partial charge in [-0.25, -0.2) is 4.90 Å². The molecule has 0 aromatic heterocycles. The summed E-state index contributed by atoms with van der Waals surface area (Å²) in [6, 6.07) is 0. The van der Waals surface area contributed by atoms with Crippen molar-refractivity contribution in [3.05, 3.63) is 5.21 Å². The summed E-state index contributed by atoms with van der Waals surface area (Å²) in [5, 5.41) is 37.7. The van der Waals surface area contributed by atoms with Crippen LogP contribution in [0.15, 0.2) is 5.16 Å². The molecule has 3 unspecified atom stereocenters. The van der Waals surface area contributed by atoms with Crippen LogP contribution in [0.4, 0.5) is 0 Å². The Morgan fingerprint density at radius 2 is 2.00 bits per heavy atom. The number of ether oxygens (including phenoxy) is 1. The van der Waals surface area contributed by atoms with E-state index in [0.717, 1.165) is 36.8 Å². The minimum Gasteiger partial charge on any atom is -0.622 e. The maximum absolute atomic E-state index is 13.4. The van der Waals surface area contributed by atoms with Gasteiger partial charge in [-0.1, -0.05) is 11.6 Å². The van der Waals surface area contributed by atoms with Gasteiger partial charge in [0.05, 0.1) is 24.8 Å². The largest absolute Gasteiger partial charge is 0.622 e. The molecular formula is C16H25N3O4. The Hall–Kier alpha value is -1.18. The molecule has 2 N–H and O–H groups in total. The lowest BCUT2D eigenvalue weighted by Gasteiger charge is -2.47. The summed E-state index contributed by atoms with van der Waals surface area (Å²) in [4.78, 5) is 2.21. The quantitative estimate of drug-likeness (QED) is 0.324. The second-order valence-corrected chi connectivity index (χ2v) is 7.18. The molecule has 0 radical (unpaired) electrons. The predicted molar refractivity (Wildman–Crippen MR) is 83.7 cm³/mol. The number of morpholine rings is 1. The molecule has 7 nitrogen and oxygen atoms in total. The molecule has 2 saturated carbocycles. The Bertz CT molecular complexity index is 558. The lowest BCUT2D eigenvalue weighted by Crippen LogP contribution is -2.65. The van der Waals surface area contributed by atoms with E-state index in [1.165, 1.54) is 0 Å².